The maximum Gasteiger partial charge on any atom is 0.417 e. The van der Waals surface area contributed by atoms with Crippen LogP contribution >= 0.6 is 0 Å². The predicted octanol–water partition coefficient (Wildman–Crippen LogP) is 3.92. The molecular weight excluding hydrogens is 467 g/mol. The van der Waals surface area contributed by atoms with Crippen LogP contribution in [0.3, 0.4) is 0 Å². The molecule has 0 saturated carbocycles. The maximum absolute atomic E-state index is 13.2. The van der Waals surface area contributed by atoms with E-state index in [1.165, 1.54) is 31.4 Å². The average Bonchev–Trinajstić information content (AvgIpc) is 2.79. The van der Waals surface area contributed by atoms with Crippen LogP contribution in [0.1, 0.15) is 43.4 Å². The van der Waals surface area contributed by atoms with Crippen molar-refractivity contribution in [3.8, 4) is 0 Å². The summed E-state index contributed by atoms with van der Waals surface area (Å²) in [5.41, 5.74) is 0.727. The van der Waals surface area contributed by atoms with Gasteiger partial charge in [0.25, 0.3) is 0 Å². The lowest BCUT2D eigenvalue weighted by molar-refractivity contribution is -0.139. The molecule has 3 rings (SSSR count). The summed E-state index contributed by atoms with van der Waals surface area (Å²) in [4.78, 5) is 13.9. The Morgan fingerprint density at radius 1 is 1.06 bits per heavy atom. The Morgan fingerprint density at radius 2 is 1.65 bits per heavy atom. The quantitative estimate of drug-likeness (QED) is 0.580. The number of benzene rings is 2. The lowest BCUT2D eigenvalue weighted by Gasteiger charge is -2.30. The van der Waals surface area contributed by atoms with Gasteiger partial charge in [-0.1, -0.05) is 43.3 Å². The number of rotatable bonds is 8. The van der Waals surface area contributed by atoms with Crippen LogP contribution in [-0.2, 0) is 34.1 Å². The van der Waals surface area contributed by atoms with Crippen molar-refractivity contribution in [1.29, 1.82) is 0 Å². The monoisotopic (exact) mass is 497 g/mol. The Kier molecular flexibility index (Phi) is 8.38. The summed E-state index contributed by atoms with van der Waals surface area (Å²) in [6.07, 6.45) is -2.43. The third kappa shape index (κ3) is 7.04. The summed E-state index contributed by atoms with van der Waals surface area (Å²) in [6, 6.07) is 10.4. The molecule has 1 heterocycles. The molecule has 0 radical (unpaired) electrons. The molecule has 0 spiro atoms. The molecule has 0 bridgehead atoms. The minimum atomic E-state index is -4.84. The Hall–Kier alpha value is -2.43. The molecule has 1 aliphatic heterocycles. The van der Waals surface area contributed by atoms with Crippen LogP contribution in [0, 0.1) is 5.92 Å². The molecule has 2 N–H and O–H groups in total. The van der Waals surface area contributed by atoms with Crippen molar-refractivity contribution in [3.05, 3.63) is 65.2 Å². The van der Waals surface area contributed by atoms with Crippen LogP contribution in [0.2, 0.25) is 0 Å². The predicted molar refractivity (Wildman–Crippen MR) is 123 cm³/mol. The van der Waals surface area contributed by atoms with Crippen molar-refractivity contribution in [1.82, 2.24) is 14.9 Å². The second kappa shape index (κ2) is 10.9. The van der Waals surface area contributed by atoms with E-state index in [0.717, 1.165) is 43.2 Å². The molecule has 0 aliphatic carbocycles. The summed E-state index contributed by atoms with van der Waals surface area (Å²) in [7, 11) is -4.56. The summed E-state index contributed by atoms with van der Waals surface area (Å²) < 4.78 is 66.6. The van der Waals surface area contributed by atoms with Gasteiger partial charge in [0.1, 0.15) is 0 Å². The normalized spacial score (nSPS) is 16.9. The Morgan fingerprint density at radius 3 is 2.26 bits per heavy atom. The highest BCUT2D eigenvalue weighted by molar-refractivity contribution is 7.89. The SMILES string of the molecule is CC1CCN(Cc2ccc(CNC(=O)C(C)NS(=O)(=O)c3ccccc3C(F)(F)F)cc2)CC1. The summed E-state index contributed by atoms with van der Waals surface area (Å²) >= 11 is 0. The van der Waals surface area contributed by atoms with Gasteiger partial charge >= 0.3 is 6.18 Å². The first-order valence-corrected chi connectivity index (χ1v) is 12.7. The van der Waals surface area contributed by atoms with E-state index in [4.69, 9.17) is 0 Å². The second-order valence-electron chi connectivity index (χ2n) is 8.83. The molecule has 186 valence electrons. The zero-order valence-corrected chi connectivity index (χ0v) is 20.0. The van der Waals surface area contributed by atoms with Crippen molar-refractivity contribution in [2.24, 2.45) is 5.92 Å². The molecule has 34 heavy (non-hydrogen) atoms. The van der Waals surface area contributed by atoms with Gasteiger partial charge in [-0.15, -0.1) is 0 Å². The molecule has 1 unspecified atom stereocenters. The largest absolute Gasteiger partial charge is 0.417 e. The Bertz CT molecular complexity index is 1080. The number of amides is 1. The van der Waals surface area contributed by atoms with E-state index in [1.807, 2.05) is 29.0 Å². The zero-order chi connectivity index (χ0) is 24.9. The van der Waals surface area contributed by atoms with E-state index in [9.17, 15) is 26.4 Å². The van der Waals surface area contributed by atoms with Gasteiger partial charge in [0, 0.05) is 13.1 Å². The Labute approximate surface area is 198 Å². The highest BCUT2D eigenvalue weighted by atomic mass is 32.2. The molecule has 10 heteroatoms. The van der Waals surface area contributed by atoms with Gasteiger partial charge in [0.05, 0.1) is 16.5 Å². The number of carbonyl (C=O) groups is 1. The number of carbonyl (C=O) groups excluding carboxylic acids is 1. The van der Waals surface area contributed by atoms with Gasteiger partial charge in [-0.05, 0) is 62.0 Å². The molecule has 1 aliphatic rings. The zero-order valence-electron chi connectivity index (χ0n) is 19.2. The summed E-state index contributed by atoms with van der Waals surface area (Å²) in [6.45, 7) is 6.77. The van der Waals surface area contributed by atoms with Crippen LogP contribution < -0.4 is 10.0 Å². The smallest absolute Gasteiger partial charge is 0.351 e. The van der Waals surface area contributed by atoms with Crippen LogP contribution in [-0.4, -0.2) is 38.4 Å². The van der Waals surface area contributed by atoms with Crippen LogP contribution in [0.5, 0.6) is 0 Å². The van der Waals surface area contributed by atoms with Gasteiger partial charge < -0.3 is 5.32 Å². The minimum Gasteiger partial charge on any atom is -0.351 e. The van der Waals surface area contributed by atoms with Crippen LogP contribution in [0.4, 0.5) is 13.2 Å². The third-order valence-electron chi connectivity index (χ3n) is 5.98. The fourth-order valence-electron chi connectivity index (χ4n) is 3.87. The molecule has 1 atom stereocenters. The van der Waals surface area contributed by atoms with E-state index >= 15 is 0 Å². The second-order valence-corrected chi connectivity index (χ2v) is 10.5. The van der Waals surface area contributed by atoms with Crippen molar-refractivity contribution in [2.75, 3.05) is 13.1 Å². The fraction of sp³-hybridized carbons (Fsp3) is 0.458. The standard InChI is InChI=1S/C24H30F3N3O3S/c1-17-11-13-30(14-12-17)16-20-9-7-19(8-10-20)15-28-23(31)18(2)29-34(32,33)22-6-4-3-5-21(22)24(25,26)27/h3-10,17-18,29H,11-16H2,1-2H3,(H,28,31). The van der Waals surface area contributed by atoms with E-state index in [0.29, 0.717) is 6.07 Å². The number of sulfonamides is 1. The van der Waals surface area contributed by atoms with Gasteiger partial charge in [-0.2, -0.15) is 17.9 Å². The van der Waals surface area contributed by atoms with Gasteiger partial charge in [0.2, 0.25) is 15.9 Å². The molecule has 1 amide bonds. The first kappa shape index (κ1) is 26.2. The van der Waals surface area contributed by atoms with E-state index in [2.05, 4.69) is 17.1 Å². The lowest BCUT2D eigenvalue weighted by atomic mass is 9.99. The van der Waals surface area contributed by atoms with E-state index in [-0.39, 0.29) is 6.54 Å². The first-order valence-electron chi connectivity index (χ1n) is 11.2. The van der Waals surface area contributed by atoms with Crippen LogP contribution in [0.25, 0.3) is 0 Å². The lowest BCUT2D eigenvalue weighted by Crippen LogP contribution is -2.44. The average molecular weight is 498 g/mol. The van der Waals surface area contributed by atoms with Gasteiger partial charge in [-0.25, -0.2) is 8.42 Å². The third-order valence-corrected chi connectivity index (χ3v) is 7.58. The molecule has 6 nitrogen and oxygen atoms in total. The van der Waals surface area contributed by atoms with Crippen molar-refractivity contribution >= 4 is 15.9 Å². The van der Waals surface area contributed by atoms with Gasteiger partial charge in [-0.3, -0.25) is 9.69 Å². The Balaban J connectivity index is 1.54. The number of piperidine rings is 1. The number of alkyl halides is 3. The molecule has 0 aromatic heterocycles. The molecule has 1 saturated heterocycles. The first-order chi connectivity index (χ1) is 16.0. The highest BCUT2D eigenvalue weighted by Gasteiger charge is 2.37. The number of hydrogen-bond donors (Lipinski definition) is 2. The van der Waals surface area contributed by atoms with Gasteiger partial charge in [0.15, 0.2) is 0 Å². The topological polar surface area (TPSA) is 78.5 Å². The van der Waals surface area contributed by atoms with Crippen molar-refractivity contribution in [2.45, 2.75) is 56.9 Å². The minimum absolute atomic E-state index is 0.172. The molecule has 2 aromatic carbocycles. The fourth-order valence-corrected chi connectivity index (χ4v) is 5.30. The highest BCUT2D eigenvalue weighted by Crippen LogP contribution is 2.33. The van der Waals surface area contributed by atoms with Crippen molar-refractivity contribution in [3.63, 3.8) is 0 Å². The van der Waals surface area contributed by atoms with E-state index in [1.54, 1.807) is 0 Å². The summed E-state index contributed by atoms with van der Waals surface area (Å²) in [5.74, 6) is 0.132. The number of nitrogens with one attached hydrogen (secondary N) is 2. The maximum atomic E-state index is 13.2. The summed E-state index contributed by atoms with van der Waals surface area (Å²) in [5, 5.41) is 2.62. The molecule has 2 aromatic rings. The van der Waals surface area contributed by atoms with E-state index < -0.39 is 38.6 Å². The number of likely N-dealkylation sites (tertiary alicyclic amines) is 1. The number of halogens is 3. The van der Waals surface area contributed by atoms with Crippen LogP contribution in [0.15, 0.2) is 53.4 Å². The van der Waals surface area contributed by atoms with Crippen molar-refractivity contribution < 1.29 is 26.4 Å². The molecular formula is C24H30F3N3O3S. The molecule has 1 fully saturated rings. The number of nitrogens with zero attached hydrogens (tertiary/aromatic N) is 1. The number of hydrogen-bond acceptors (Lipinski definition) is 4.